The maximum Gasteiger partial charge on any atom is 0.342 e. The summed E-state index contributed by atoms with van der Waals surface area (Å²) in [4.78, 5) is 13.0. The Labute approximate surface area is 190 Å². The minimum absolute atomic E-state index is 0.348. The summed E-state index contributed by atoms with van der Waals surface area (Å²) >= 11 is 18.1. The molecule has 0 aliphatic carbocycles. The molecule has 1 aliphatic heterocycles. The lowest BCUT2D eigenvalue weighted by Crippen LogP contribution is -2.38. The molecule has 152 valence electrons. The second kappa shape index (κ2) is 8.31. The lowest BCUT2D eigenvalue weighted by molar-refractivity contribution is 0.214. The molecule has 3 aromatic rings. The Morgan fingerprint density at radius 1 is 0.967 bits per heavy atom. The van der Waals surface area contributed by atoms with E-state index in [9.17, 15) is 4.79 Å². The maximum atomic E-state index is 13.0. The van der Waals surface area contributed by atoms with Crippen LogP contribution in [0.5, 0.6) is 0 Å². The zero-order valence-electron chi connectivity index (χ0n) is 16.1. The predicted molar refractivity (Wildman–Crippen MR) is 124 cm³/mol. The van der Waals surface area contributed by atoms with Crippen LogP contribution >= 0.6 is 34.8 Å². The van der Waals surface area contributed by atoms with Gasteiger partial charge in [-0.3, -0.25) is 0 Å². The molecular formula is C23H18Cl3N3O. The first-order valence-electron chi connectivity index (χ1n) is 9.31. The molecule has 7 heteroatoms. The molecule has 0 spiro atoms. The molecule has 0 aromatic heterocycles. The molecule has 1 N–H and O–H groups in total. The van der Waals surface area contributed by atoms with E-state index < -0.39 is 5.41 Å². The van der Waals surface area contributed by atoms with Crippen LogP contribution in [0.2, 0.25) is 15.1 Å². The molecule has 3 aromatic carbocycles. The van der Waals surface area contributed by atoms with E-state index in [4.69, 9.17) is 34.8 Å². The number of nitrogens with one attached hydrogen (secondary N) is 1. The summed E-state index contributed by atoms with van der Waals surface area (Å²) in [5.41, 5.74) is 2.85. The third-order valence-electron chi connectivity index (χ3n) is 5.14. The van der Waals surface area contributed by atoms with E-state index in [2.05, 4.69) is 17.3 Å². The largest absolute Gasteiger partial charge is 0.342 e. The number of rotatable bonds is 3. The number of benzene rings is 3. The van der Waals surface area contributed by atoms with Gasteiger partial charge < -0.3 is 5.32 Å². The number of hydrazone groups is 1. The molecule has 1 unspecified atom stereocenters. The smallest absolute Gasteiger partial charge is 0.306 e. The van der Waals surface area contributed by atoms with Crippen LogP contribution in [0.25, 0.3) is 0 Å². The molecule has 1 atom stereocenters. The van der Waals surface area contributed by atoms with E-state index in [0.717, 1.165) is 16.8 Å². The van der Waals surface area contributed by atoms with Crippen molar-refractivity contribution in [1.82, 2.24) is 5.01 Å². The van der Waals surface area contributed by atoms with Gasteiger partial charge in [0.15, 0.2) is 0 Å². The van der Waals surface area contributed by atoms with Crippen LogP contribution in [0.15, 0.2) is 77.9 Å². The summed E-state index contributed by atoms with van der Waals surface area (Å²) in [6.07, 6.45) is 0. The number of amides is 2. The van der Waals surface area contributed by atoms with Crippen LogP contribution in [0.1, 0.15) is 18.1 Å². The van der Waals surface area contributed by atoms with Gasteiger partial charge in [0.25, 0.3) is 0 Å². The summed E-state index contributed by atoms with van der Waals surface area (Å²) in [6, 6.07) is 22.1. The Morgan fingerprint density at radius 3 is 2.33 bits per heavy atom. The fraction of sp³-hybridized carbons (Fsp3) is 0.130. The fourth-order valence-electron chi connectivity index (χ4n) is 3.54. The third kappa shape index (κ3) is 4.04. The Bertz CT molecular complexity index is 1120. The van der Waals surface area contributed by atoms with Gasteiger partial charge in [0.05, 0.1) is 27.7 Å². The van der Waals surface area contributed by atoms with E-state index in [1.165, 1.54) is 5.01 Å². The number of nitrogens with zero attached hydrogens (tertiary/aromatic N) is 2. The molecule has 4 nitrogen and oxygen atoms in total. The van der Waals surface area contributed by atoms with Gasteiger partial charge in [-0.1, -0.05) is 77.3 Å². The van der Waals surface area contributed by atoms with E-state index in [1.54, 1.807) is 18.2 Å². The monoisotopic (exact) mass is 457 g/mol. The molecule has 1 aliphatic rings. The molecule has 30 heavy (non-hydrogen) atoms. The van der Waals surface area contributed by atoms with Crippen LogP contribution in [0.3, 0.4) is 0 Å². The number of hydrogen-bond donors (Lipinski definition) is 1. The molecule has 2 amide bonds. The van der Waals surface area contributed by atoms with Gasteiger partial charge in [0.2, 0.25) is 0 Å². The highest BCUT2D eigenvalue weighted by atomic mass is 35.5. The topological polar surface area (TPSA) is 44.7 Å². The molecule has 0 radical (unpaired) electrons. The van der Waals surface area contributed by atoms with Gasteiger partial charge in [-0.15, -0.1) is 0 Å². The quantitative estimate of drug-likeness (QED) is 0.458. The summed E-state index contributed by atoms with van der Waals surface area (Å²) in [5.74, 6) is 0. The average Bonchev–Trinajstić information content (AvgIpc) is 3.11. The van der Waals surface area contributed by atoms with Crippen LogP contribution in [0.4, 0.5) is 10.5 Å². The number of hydrogen-bond acceptors (Lipinski definition) is 2. The standard InChI is InChI=1S/C23H18Cl3N3O/c1-23(16-5-3-2-4-6-16)14-29(28-21(23)15-7-9-17(24)10-8-15)22(30)27-18-11-12-19(25)20(26)13-18/h2-13H,14H2,1H3,(H,27,30). The van der Waals surface area contributed by atoms with Crippen molar-refractivity contribution < 1.29 is 4.79 Å². The summed E-state index contributed by atoms with van der Waals surface area (Å²) in [7, 11) is 0. The zero-order valence-corrected chi connectivity index (χ0v) is 18.3. The van der Waals surface area contributed by atoms with Gasteiger partial charge >= 0.3 is 6.03 Å². The minimum atomic E-state index is -0.482. The lowest BCUT2D eigenvalue weighted by atomic mass is 9.76. The Morgan fingerprint density at radius 2 is 1.67 bits per heavy atom. The number of urea groups is 1. The molecule has 0 bridgehead atoms. The van der Waals surface area contributed by atoms with E-state index in [-0.39, 0.29) is 6.03 Å². The number of halogens is 3. The first-order chi connectivity index (χ1) is 14.4. The predicted octanol–water partition coefficient (Wildman–Crippen LogP) is 6.86. The van der Waals surface area contributed by atoms with Gasteiger partial charge in [-0.05, 0) is 48.4 Å². The van der Waals surface area contributed by atoms with E-state index >= 15 is 0 Å². The minimum Gasteiger partial charge on any atom is -0.306 e. The highest BCUT2D eigenvalue weighted by Gasteiger charge is 2.42. The molecule has 0 saturated carbocycles. The summed E-state index contributed by atoms with van der Waals surface area (Å²) in [6.45, 7) is 2.48. The van der Waals surface area contributed by atoms with Crippen molar-refractivity contribution in [1.29, 1.82) is 0 Å². The Kier molecular flexibility index (Phi) is 5.74. The SMILES string of the molecule is CC1(c2ccccc2)CN(C(=O)Nc2ccc(Cl)c(Cl)c2)N=C1c1ccc(Cl)cc1. The third-order valence-corrected chi connectivity index (χ3v) is 6.13. The summed E-state index contributed by atoms with van der Waals surface area (Å²) in [5, 5.41) is 10.4. The van der Waals surface area contributed by atoms with Crippen molar-refractivity contribution in [2.24, 2.45) is 5.10 Å². The van der Waals surface area contributed by atoms with Gasteiger partial charge in [0.1, 0.15) is 0 Å². The summed E-state index contributed by atoms with van der Waals surface area (Å²) < 4.78 is 0. The average molecular weight is 459 g/mol. The molecular weight excluding hydrogens is 441 g/mol. The second-order valence-corrected chi connectivity index (χ2v) is 8.52. The first-order valence-corrected chi connectivity index (χ1v) is 10.4. The molecule has 4 rings (SSSR count). The fourth-order valence-corrected chi connectivity index (χ4v) is 3.96. The van der Waals surface area contributed by atoms with Gasteiger partial charge in [0, 0.05) is 10.7 Å². The van der Waals surface area contributed by atoms with Crippen LogP contribution < -0.4 is 5.32 Å². The van der Waals surface area contributed by atoms with Gasteiger partial charge in [-0.25, -0.2) is 9.80 Å². The van der Waals surface area contributed by atoms with Crippen molar-refractivity contribution >= 4 is 52.2 Å². The first kappa shape index (κ1) is 20.7. The number of anilines is 1. The van der Waals surface area contributed by atoms with Crippen LogP contribution in [-0.2, 0) is 5.41 Å². The number of carbonyl (C=O) groups excluding carboxylic acids is 1. The number of carbonyl (C=O) groups is 1. The van der Waals surface area contributed by atoms with E-state index in [1.807, 2.05) is 54.6 Å². The van der Waals surface area contributed by atoms with Crippen LogP contribution in [0, 0.1) is 0 Å². The molecule has 1 heterocycles. The van der Waals surface area contributed by atoms with Gasteiger partial charge in [-0.2, -0.15) is 5.10 Å². The maximum absolute atomic E-state index is 13.0. The Balaban J connectivity index is 1.68. The van der Waals surface area contributed by atoms with Crippen molar-refractivity contribution in [2.45, 2.75) is 12.3 Å². The second-order valence-electron chi connectivity index (χ2n) is 7.27. The molecule has 0 saturated heterocycles. The van der Waals surface area contributed by atoms with Crippen molar-refractivity contribution in [2.75, 3.05) is 11.9 Å². The van der Waals surface area contributed by atoms with Crippen LogP contribution in [-0.4, -0.2) is 23.3 Å². The molecule has 0 fully saturated rings. The highest BCUT2D eigenvalue weighted by Crippen LogP contribution is 2.35. The Hall–Kier alpha value is -2.53. The van der Waals surface area contributed by atoms with Crippen molar-refractivity contribution in [3.63, 3.8) is 0 Å². The van der Waals surface area contributed by atoms with Crippen molar-refractivity contribution in [3.05, 3.63) is 99.0 Å². The van der Waals surface area contributed by atoms with E-state index in [0.29, 0.717) is 27.3 Å². The zero-order chi connectivity index (χ0) is 21.3. The van der Waals surface area contributed by atoms with Crippen molar-refractivity contribution in [3.8, 4) is 0 Å². The highest BCUT2D eigenvalue weighted by molar-refractivity contribution is 6.42. The lowest BCUT2D eigenvalue weighted by Gasteiger charge is -2.27. The normalized spacial score (nSPS) is 18.3.